The van der Waals surface area contributed by atoms with Crippen LogP contribution in [0, 0.1) is 17.8 Å². The highest BCUT2D eigenvalue weighted by molar-refractivity contribution is 5.72. The smallest absolute Gasteiger partial charge is 0.280 e. The lowest BCUT2D eigenvalue weighted by atomic mass is 9.49. The molecule has 0 atom stereocenters. The number of nitrogens with zero attached hydrogens (tertiary/aromatic N) is 4. The van der Waals surface area contributed by atoms with Crippen LogP contribution < -0.4 is 10.9 Å². The molecule has 0 saturated heterocycles. The second-order valence-electron chi connectivity index (χ2n) is 9.73. The number of aromatic amines is 1. The van der Waals surface area contributed by atoms with Crippen molar-refractivity contribution in [2.75, 3.05) is 5.32 Å². The van der Waals surface area contributed by atoms with E-state index in [1.807, 2.05) is 12.1 Å². The number of anilines is 2. The minimum atomic E-state index is -0.0399. The van der Waals surface area contributed by atoms with Crippen LogP contribution in [0.4, 0.5) is 11.6 Å². The van der Waals surface area contributed by atoms with Gasteiger partial charge in [0, 0.05) is 30.0 Å². The van der Waals surface area contributed by atoms with E-state index in [4.69, 9.17) is 9.97 Å². The van der Waals surface area contributed by atoms with Gasteiger partial charge in [0.15, 0.2) is 11.2 Å². The number of fused-ring (bicyclic) bond motifs is 1. The molecule has 3 aromatic rings. The molecular formula is C23H28N6O. The summed E-state index contributed by atoms with van der Waals surface area (Å²) >= 11 is 0. The van der Waals surface area contributed by atoms with Gasteiger partial charge in [-0.15, -0.1) is 0 Å². The highest BCUT2D eigenvalue weighted by atomic mass is 16.1. The van der Waals surface area contributed by atoms with Gasteiger partial charge < -0.3 is 10.3 Å². The molecule has 4 bridgehead atoms. The largest absolute Gasteiger partial charge is 0.336 e. The predicted octanol–water partition coefficient (Wildman–Crippen LogP) is 4.14. The Hall–Kier alpha value is -2.70. The molecule has 0 aliphatic heterocycles. The minimum Gasteiger partial charge on any atom is -0.336 e. The van der Waals surface area contributed by atoms with Crippen LogP contribution in [0.1, 0.15) is 57.7 Å². The van der Waals surface area contributed by atoms with Crippen molar-refractivity contribution < 1.29 is 0 Å². The predicted molar refractivity (Wildman–Crippen MR) is 116 cm³/mol. The zero-order valence-electron chi connectivity index (χ0n) is 17.4. The fraction of sp³-hybridized carbons (Fsp3) is 0.565. The van der Waals surface area contributed by atoms with Crippen molar-refractivity contribution in [1.82, 2.24) is 24.5 Å². The Kier molecular flexibility index (Phi) is 4.01. The summed E-state index contributed by atoms with van der Waals surface area (Å²) in [6.07, 6.45) is 12.1. The van der Waals surface area contributed by atoms with E-state index in [0.29, 0.717) is 23.7 Å². The normalized spacial score (nSPS) is 29.6. The zero-order valence-corrected chi connectivity index (χ0v) is 17.4. The number of imidazole rings is 1. The Labute approximate surface area is 175 Å². The van der Waals surface area contributed by atoms with Gasteiger partial charge in [-0.1, -0.05) is 6.92 Å². The molecule has 0 amide bonds. The lowest BCUT2D eigenvalue weighted by Crippen LogP contribution is -2.49. The zero-order chi connectivity index (χ0) is 20.3. The third-order valence-corrected chi connectivity index (χ3v) is 7.54. The molecule has 0 aromatic carbocycles. The molecule has 7 nitrogen and oxygen atoms in total. The Morgan fingerprint density at radius 3 is 2.40 bits per heavy atom. The fourth-order valence-corrected chi connectivity index (χ4v) is 6.73. The average Bonchev–Trinajstić information content (AvgIpc) is 3.16. The van der Waals surface area contributed by atoms with Gasteiger partial charge in [0.2, 0.25) is 5.95 Å². The van der Waals surface area contributed by atoms with E-state index < -0.39 is 0 Å². The number of hydrogen-bond acceptors (Lipinski definition) is 5. The Balaban J connectivity index is 1.45. The molecule has 0 spiro atoms. The third-order valence-electron chi connectivity index (χ3n) is 7.54. The highest BCUT2D eigenvalue weighted by Gasteiger charge is 2.53. The van der Waals surface area contributed by atoms with Gasteiger partial charge in [0.25, 0.3) is 5.56 Å². The van der Waals surface area contributed by atoms with Crippen LogP contribution >= 0.6 is 0 Å². The molecule has 4 fully saturated rings. The maximum absolute atomic E-state index is 13.4. The molecule has 7 rings (SSSR count). The van der Waals surface area contributed by atoms with Gasteiger partial charge in [-0.05, 0) is 74.8 Å². The lowest BCUT2D eigenvalue weighted by molar-refractivity contribution is -0.00888. The van der Waals surface area contributed by atoms with Gasteiger partial charge in [0.1, 0.15) is 5.82 Å². The third kappa shape index (κ3) is 2.78. The first-order valence-corrected chi connectivity index (χ1v) is 11.3. The Morgan fingerprint density at radius 1 is 1.10 bits per heavy atom. The van der Waals surface area contributed by atoms with Crippen LogP contribution in [-0.4, -0.2) is 24.5 Å². The first-order valence-electron chi connectivity index (χ1n) is 11.3. The second kappa shape index (κ2) is 6.65. The number of aromatic nitrogens is 5. The van der Waals surface area contributed by atoms with Crippen LogP contribution in [0.2, 0.25) is 0 Å². The van der Waals surface area contributed by atoms with Crippen molar-refractivity contribution in [2.45, 2.75) is 63.8 Å². The average molecular weight is 405 g/mol. The minimum absolute atomic E-state index is 0.0399. The maximum atomic E-state index is 13.4. The number of nitrogens with one attached hydrogen (secondary N) is 2. The second-order valence-corrected chi connectivity index (χ2v) is 9.73. The van der Waals surface area contributed by atoms with Crippen molar-refractivity contribution >= 4 is 22.8 Å². The van der Waals surface area contributed by atoms with Gasteiger partial charge in [-0.25, -0.2) is 4.98 Å². The van der Waals surface area contributed by atoms with Gasteiger partial charge >= 0.3 is 0 Å². The van der Waals surface area contributed by atoms with Crippen LogP contribution in [0.5, 0.6) is 0 Å². The molecule has 0 radical (unpaired) electrons. The SMILES string of the molecule is CCCn1c(Nc2ccncc2)nc2nc(C34CC5CC(CC(C5)C3)C4)[nH]c2c1=O. The van der Waals surface area contributed by atoms with Gasteiger partial charge in [-0.3, -0.25) is 14.3 Å². The molecule has 4 saturated carbocycles. The van der Waals surface area contributed by atoms with Crippen LogP contribution in [0.3, 0.4) is 0 Å². The molecule has 7 heteroatoms. The number of H-pyrrole nitrogens is 1. The molecule has 4 aliphatic rings. The molecule has 2 N–H and O–H groups in total. The van der Waals surface area contributed by atoms with E-state index in [1.54, 1.807) is 17.0 Å². The van der Waals surface area contributed by atoms with Crippen molar-refractivity contribution in [1.29, 1.82) is 0 Å². The molecule has 4 aliphatic carbocycles. The summed E-state index contributed by atoms with van der Waals surface area (Å²) in [5.74, 6) is 4.05. The van der Waals surface area contributed by atoms with Crippen molar-refractivity contribution in [2.24, 2.45) is 17.8 Å². The van der Waals surface area contributed by atoms with E-state index in [-0.39, 0.29) is 11.0 Å². The molecule has 3 heterocycles. The topological polar surface area (TPSA) is 88.5 Å². The quantitative estimate of drug-likeness (QED) is 0.667. The molecule has 0 unspecified atom stereocenters. The molecule has 30 heavy (non-hydrogen) atoms. The van der Waals surface area contributed by atoms with Crippen LogP contribution in [0.25, 0.3) is 11.2 Å². The van der Waals surface area contributed by atoms with Crippen LogP contribution in [0.15, 0.2) is 29.3 Å². The first-order chi connectivity index (χ1) is 14.6. The van der Waals surface area contributed by atoms with Crippen molar-refractivity contribution in [3.05, 3.63) is 40.7 Å². The summed E-state index contributed by atoms with van der Waals surface area (Å²) in [5, 5.41) is 3.29. The highest BCUT2D eigenvalue weighted by Crippen LogP contribution is 2.60. The van der Waals surface area contributed by atoms with Crippen molar-refractivity contribution in [3.63, 3.8) is 0 Å². The van der Waals surface area contributed by atoms with Gasteiger partial charge in [-0.2, -0.15) is 4.98 Å². The standard InChI is InChI=1S/C23H28N6O/c1-2-7-29-20(30)18-19(28-22(29)25-17-3-5-24-6-4-17)27-21(26-18)23-11-14-8-15(12-23)10-16(9-14)13-23/h3-6,14-16H,2,7-13H2,1H3,(H,26,27)(H,24,25,28). The lowest BCUT2D eigenvalue weighted by Gasteiger charge is -2.55. The number of hydrogen-bond donors (Lipinski definition) is 2. The van der Waals surface area contributed by atoms with E-state index >= 15 is 0 Å². The summed E-state index contributed by atoms with van der Waals surface area (Å²) < 4.78 is 1.73. The maximum Gasteiger partial charge on any atom is 0.280 e. The van der Waals surface area contributed by atoms with E-state index in [9.17, 15) is 4.79 Å². The Morgan fingerprint density at radius 2 is 1.77 bits per heavy atom. The molecule has 3 aromatic heterocycles. The van der Waals surface area contributed by atoms with Crippen LogP contribution in [-0.2, 0) is 12.0 Å². The number of pyridine rings is 1. The molecule has 156 valence electrons. The molecular weight excluding hydrogens is 376 g/mol. The summed E-state index contributed by atoms with van der Waals surface area (Å²) in [6.45, 7) is 2.68. The van der Waals surface area contributed by atoms with Gasteiger partial charge in [0.05, 0.1) is 0 Å². The monoisotopic (exact) mass is 404 g/mol. The fourth-order valence-electron chi connectivity index (χ4n) is 6.73. The van der Waals surface area contributed by atoms with Crippen molar-refractivity contribution in [3.8, 4) is 0 Å². The summed E-state index contributed by atoms with van der Waals surface area (Å²) in [7, 11) is 0. The first kappa shape index (κ1) is 18.1. The Bertz CT molecular complexity index is 1110. The summed E-state index contributed by atoms with van der Waals surface area (Å²) in [6, 6.07) is 3.75. The summed E-state index contributed by atoms with van der Waals surface area (Å²) in [5.41, 5.74) is 2.03. The number of rotatable bonds is 5. The van der Waals surface area contributed by atoms with E-state index in [1.165, 1.54) is 38.5 Å². The summed E-state index contributed by atoms with van der Waals surface area (Å²) in [4.78, 5) is 30.6. The van der Waals surface area contributed by atoms with E-state index in [0.717, 1.165) is 35.7 Å². The van der Waals surface area contributed by atoms with E-state index in [2.05, 4.69) is 22.2 Å².